The summed E-state index contributed by atoms with van der Waals surface area (Å²) in [7, 11) is -3.70. The van der Waals surface area contributed by atoms with Crippen molar-refractivity contribution in [1.82, 2.24) is 4.31 Å². The van der Waals surface area contributed by atoms with Crippen LogP contribution in [0.4, 0.5) is 4.39 Å². The number of likely N-dealkylation sites (N-methyl/N-ethyl adjacent to an activating group) is 1. The molecule has 4 nitrogen and oxygen atoms in total. The Hall–Kier alpha value is -1.24. The highest BCUT2D eigenvalue weighted by molar-refractivity contribution is 7.89. The largest absolute Gasteiger partial charge is 0.392 e. The fraction of sp³-hybridized carbons (Fsp3) is 0.385. The zero-order chi connectivity index (χ0) is 14.6. The second-order valence-corrected chi connectivity index (χ2v) is 6.24. The zero-order valence-electron chi connectivity index (χ0n) is 11.1. The lowest BCUT2D eigenvalue weighted by Crippen LogP contribution is -2.32. The van der Waals surface area contributed by atoms with Crippen LogP contribution in [0.2, 0.25) is 0 Å². The molecule has 0 radical (unpaired) electrons. The first-order valence-electron chi connectivity index (χ1n) is 5.86. The maximum atomic E-state index is 13.3. The number of aliphatic hydroxyl groups is 1. The maximum absolute atomic E-state index is 13.3. The third kappa shape index (κ3) is 3.62. The van der Waals surface area contributed by atoms with Gasteiger partial charge >= 0.3 is 0 Å². The smallest absolute Gasteiger partial charge is 0.243 e. The number of hydrogen-bond donors (Lipinski definition) is 1. The fourth-order valence-electron chi connectivity index (χ4n) is 1.65. The molecule has 0 fully saturated rings. The minimum absolute atomic E-state index is 0.0268. The van der Waals surface area contributed by atoms with Gasteiger partial charge in [-0.15, -0.1) is 0 Å². The van der Waals surface area contributed by atoms with Crippen molar-refractivity contribution in [2.24, 2.45) is 0 Å². The molecule has 0 atom stereocenters. The summed E-state index contributed by atoms with van der Waals surface area (Å²) in [5, 5.41) is 8.99. The van der Waals surface area contributed by atoms with Gasteiger partial charge in [0.25, 0.3) is 0 Å². The van der Waals surface area contributed by atoms with Gasteiger partial charge in [0.1, 0.15) is 5.82 Å². The standard InChI is InChI=1S/C13H18FNO3S/c1-4-15(8-10(2)3)19(17,18)12-5-6-13(14)11(7-12)9-16/h5-7,16H,2,4,8-9H2,1,3H3. The Labute approximate surface area is 113 Å². The summed E-state index contributed by atoms with van der Waals surface area (Å²) >= 11 is 0. The molecule has 0 spiro atoms. The second kappa shape index (κ2) is 6.27. The topological polar surface area (TPSA) is 57.6 Å². The van der Waals surface area contributed by atoms with Crippen LogP contribution >= 0.6 is 0 Å². The fourth-order valence-corrected chi connectivity index (χ4v) is 3.21. The molecule has 0 bridgehead atoms. The van der Waals surface area contributed by atoms with E-state index in [1.807, 2.05) is 0 Å². The van der Waals surface area contributed by atoms with Crippen molar-refractivity contribution < 1.29 is 17.9 Å². The number of hydrogen-bond acceptors (Lipinski definition) is 3. The van der Waals surface area contributed by atoms with Gasteiger partial charge in [-0.3, -0.25) is 0 Å². The Morgan fingerprint density at radius 2 is 2.11 bits per heavy atom. The average molecular weight is 287 g/mol. The number of aliphatic hydroxyl groups excluding tert-OH is 1. The molecule has 1 aromatic carbocycles. The van der Waals surface area contributed by atoms with Gasteiger partial charge in [-0.2, -0.15) is 4.31 Å². The quantitative estimate of drug-likeness (QED) is 0.813. The molecule has 6 heteroatoms. The summed E-state index contributed by atoms with van der Waals surface area (Å²) in [6, 6.07) is 3.41. The van der Waals surface area contributed by atoms with E-state index in [4.69, 9.17) is 5.11 Å². The number of halogens is 1. The van der Waals surface area contributed by atoms with Crippen molar-refractivity contribution in [2.45, 2.75) is 25.3 Å². The maximum Gasteiger partial charge on any atom is 0.243 e. The van der Waals surface area contributed by atoms with Crippen molar-refractivity contribution >= 4 is 10.0 Å². The van der Waals surface area contributed by atoms with Crippen molar-refractivity contribution in [2.75, 3.05) is 13.1 Å². The third-order valence-corrected chi connectivity index (χ3v) is 4.54. The molecule has 1 N–H and O–H groups in total. The van der Waals surface area contributed by atoms with Gasteiger partial charge in [0, 0.05) is 18.7 Å². The highest BCUT2D eigenvalue weighted by Gasteiger charge is 2.23. The van der Waals surface area contributed by atoms with Crippen LogP contribution in [0, 0.1) is 5.82 Å². The van der Waals surface area contributed by atoms with Gasteiger partial charge in [-0.25, -0.2) is 12.8 Å². The van der Waals surface area contributed by atoms with Crippen LogP contribution in [0.1, 0.15) is 19.4 Å². The first kappa shape index (κ1) is 15.8. The molecule has 1 aromatic rings. The van der Waals surface area contributed by atoms with Crippen LogP contribution in [-0.2, 0) is 16.6 Å². The molecule has 1 rings (SSSR count). The molecule has 0 unspecified atom stereocenters. The molecule has 0 amide bonds. The van der Waals surface area contributed by atoms with Crippen molar-refractivity contribution in [3.8, 4) is 0 Å². The normalized spacial score (nSPS) is 11.8. The molecule has 106 valence electrons. The summed E-state index contributed by atoms with van der Waals surface area (Å²) in [4.78, 5) is -0.0268. The number of sulfonamides is 1. The third-order valence-electron chi connectivity index (χ3n) is 2.62. The van der Waals surface area contributed by atoms with Gasteiger partial charge < -0.3 is 5.11 Å². The van der Waals surface area contributed by atoms with Crippen molar-refractivity contribution in [1.29, 1.82) is 0 Å². The number of benzene rings is 1. The van der Waals surface area contributed by atoms with E-state index >= 15 is 0 Å². The second-order valence-electron chi connectivity index (χ2n) is 4.30. The predicted molar refractivity (Wildman–Crippen MR) is 71.6 cm³/mol. The van der Waals surface area contributed by atoms with Gasteiger partial charge in [-0.1, -0.05) is 19.1 Å². The van der Waals surface area contributed by atoms with E-state index in [9.17, 15) is 12.8 Å². The summed E-state index contributed by atoms with van der Waals surface area (Å²) < 4.78 is 39.2. The molecule has 0 saturated carbocycles. The Morgan fingerprint density at radius 1 is 1.47 bits per heavy atom. The molecule has 0 aliphatic rings. The van der Waals surface area contributed by atoms with Crippen LogP contribution in [-0.4, -0.2) is 30.9 Å². The molecule has 0 aromatic heterocycles. The molecule has 0 aliphatic heterocycles. The van der Waals surface area contributed by atoms with E-state index in [2.05, 4.69) is 6.58 Å². The molecule has 0 heterocycles. The summed E-state index contributed by atoms with van der Waals surface area (Å²) in [5.74, 6) is -0.621. The monoisotopic (exact) mass is 287 g/mol. The molecule has 19 heavy (non-hydrogen) atoms. The van der Waals surface area contributed by atoms with Gasteiger partial charge in [0.05, 0.1) is 11.5 Å². The lowest BCUT2D eigenvalue weighted by Gasteiger charge is -2.20. The van der Waals surface area contributed by atoms with Crippen molar-refractivity contribution in [3.63, 3.8) is 0 Å². The van der Waals surface area contributed by atoms with Crippen LogP contribution in [0.3, 0.4) is 0 Å². The first-order valence-corrected chi connectivity index (χ1v) is 7.30. The van der Waals surface area contributed by atoms with E-state index in [1.54, 1.807) is 13.8 Å². The molecular weight excluding hydrogens is 269 g/mol. The number of rotatable bonds is 6. The highest BCUT2D eigenvalue weighted by atomic mass is 32.2. The minimum Gasteiger partial charge on any atom is -0.392 e. The summed E-state index contributed by atoms with van der Waals surface area (Å²) in [6.07, 6.45) is 0. The zero-order valence-corrected chi connectivity index (χ0v) is 11.9. The van der Waals surface area contributed by atoms with Crippen LogP contribution in [0.5, 0.6) is 0 Å². The van der Waals surface area contributed by atoms with E-state index in [0.717, 1.165) is 17.7 Å². The van der Waals surface area contributed by atoms with E-state index in [-0.39, 0.29) is 17.0 Å². The predicted octanol–water partition coefficient (Wildman–Crippen LogP) is 1.90. The Kier molecular flexibility index (Phi) is 5.22. The van der Waals surface area contributed by atoms with Gasteiger partial charge in [0.2, 0.25) is 10.0 Å². The molecular formula is C13H18FNO3S. The molecule has 0 aliphatic carbocycles. The lowest BCUT2D eigenvalue weighted by molar-refractivity contribution is 0.275. The van der Waals surface area contributed by atoms with E-state index in [1.165, 1.54) is 10.4 Å². The summed E-state index contributed by atoms with van der Waals surface area (Å²) in [5.41, 5.74) is 0.683. The minimum atomic E-state index is -3.70. The Bertz CT molecular complexity index is 569. The van der Waals surface area contributed by atoms with Gasteiger partial charge in [0.15, 0.2) is 0 Å². The van der Waals surface area contributed by atoms with E-state index in [0.29, 0.717) is 6.54 Å². The Morgan fingerprint density at radius 3 is 2.58 bits per heavy atom. The SMILES string of the molecule is C=C(C)CN(CC)S(=O)(=O)c1ccc(F)c(CO)c1. The van der Waals surface area contributed by atoms with Crippen molar-refractivity contribution in [3.05, 3.63) is 41.7 Å². The Balaban J connectivity index is 3.21. The summed E-state index contributed by atoms with van der Waals surface area (Å²) in [6.45, 7) is 7.11. The van der Waals surface area contributed by atoms with Crippen LogP contribution in [0.25, 0.3) is 0 Å². The van der Waals surface area contributed by atoms with Crippen LogP contribution < -0.4 is 0 Å². The molecule has 0 saturated heterocycles. The van der Waals surface area contributed by atoms with Crippen LogP contribution in [0.15, 0.2) is 35.2 Å². The van der Waals surface area contributed by atoms with Gasteiger partial charge in [-0.05, 0) is 25.1 Å². The highest BCUT2D eigenvalue weighted by Crippen LogP contribution is 2.20. The number of nitrogens with zero attached hydrogens (tertiary/aromatic N) is 1. The first-order chi connectivity index (χ1) is 8.82. The lowest BCUT2D eigenvalue weighted by atomic mass is 10.2. The average Bonchev–Trinajstić information content (AvgIpc) is 2.35. The van der Waals surface area contributed by atoms with E-state index < -0.39 is 22.4 Å².